The lowest BCUT2D eigenvalue weighted by Crippen LogP contribution is -2.05. The van der Waals surface area contributed by atoms with E-state index in [1.165, 1.54) is 18.2 Å². The van der Waals surface area contributed by atoms with Crippen LogP contribution in [0.25, 0.3) is 10.8 Å². The summed E-state index contributed by atoms with van der Waals surface area (Å²) in [5.41, 5.74) is 1.16. The Balaban J connectivity index is 1.97. The van der Waals surface area contributed by atoms with E-state index in [1.807, 2.05) is 24.3 Å². The first-order chi connectivity index (χ1) is 10.1. The highest BCUT2D eigenvalue weighted by atomic mass is 35.5. The number of carbonyl (C=O) groups excluding carboxylic acids is 1. The maximum atomic E-state index is 13.0. The minimum atomic E-state index is -0.414. The van der Waals surface area contributed by atoms with E-state index in [4.69, 9.17) is 11.6 Å². The van der Waals surface area contributed by atoms with Crippen LogP contribution in [0.4, 0.5) is 4.39 Å². The number of fused-ring (bicyclic) bond motifs is 1. The van der Waals surface area contributed by atoms with Gasteiger partial charge in [0.05, 0.1) is 0 Å². The standard InChI is InChI=1S/C17H11ClFNO/c18-16-8-13(19)6-5-11(16)7-17(21)15-10-20-9-12-3-1-2-4-14(12)15/h1-6,8-10H,7H2. The molecule has 0 fully saturated rings. The molecular weight excluding hydrogens is 289 g/mol. The molecule has 0 aliphatic carbocycles. The van der Waals surface area contributed by atoms with Gasteiger partial charge in [0.2, 0.25) is 0 Å². The highest BCUT2D eigenvalue weighted by molar-refractivity contribution is 6.31. The van der Waals surface area contributed by atoms with Crippen molar-refractivity contribution < 1.29 is 9.18 Å². The molecule has 0 aliphatic heterocycles. The number of ketones is 1. The van der Waals surface area contributed by atoms with Crippen LogP contribution >= 0.6 is 11.6 Å². The zero-order chi connectivity index (χ0) is 14.8. The second-order valence-corrected chi connectivity index (χ2v) is 5.15. The predicted octanol–water partition coefficient (Wildman–Crippen LogP) is 4.45. The van der Waals surface area contributed by atoms with Crippen molar-refractivity contribution in [2.24, 2.45) is 0 Å². The zero-order valence-corrected chi connectivity index (χ0v) is 11.8. The number of pyridine rings is 1. The Bertz CT molecular complexity index is 827. The van der Waals surface area contributed by atoms with E-state index in [-0.39, 0.29) is 17.2 Å². The van der Waals surface area contributed by atoms with Crippen LogP contribution in [0, 0.1) is 5.82 Å². The van der Waals surface area contributed by atoms with Crippen molar-refractivity contribution in [2.45, 2.75) is 6.42 Å². The fourth-order valence-electron chi connectivity index (χ4n) is 2.27. The van der Waals surface area contributed by atoms with E-state index in [1.54, 1.807) is 12.4 Å². The molecule has 0 bridgehead atoms. The summed E-state index contributed by atoms with van der Waals surface area (Å²) in [6.07, 6.45) is 3.40. The van der Waals surface area contributed by atoms with E-state index < -0.39 is 5.82 Å². The van der Waals surface area contributed by atoms with Crippen molar-refractivity contribution in [3.05, 3.63) is 76.8 Å². The van der Waals surface area contributed by atoms with Crippen molar-refractivity contribution in [1.82, 2.24) is 4.98 Å². The van der Waals surface area contributed by atoms with Gasteiger partial charge in [-0.3, -0.25) is 9.78 Å². The second kappa shape index (κ2) is 5.62. The van der Waals surface area contributed by atoms with E-state index in [9.17, 15) is 9.18 Å². The van der Waals surface area contributed by atoms with Gasteiger partial charge in [-0.25, -0.2) is 4.39 Å². The van der Waals surface area contributed by atoms with Gasteiger partial charge in [0, 0.05) is 34.8 Å². The molecule has 0 amide bonds. The predicted molar refractivity (Wildman–Crippen MR) is 81.2 cm³/mol. The van der Waals surface area contributed by atoms with E-state index in [2.05, 4.69) is 4.98 Å². The number of hydrogen-bond donors (Lipinski definition) is 0. The first-order valence-corrected chi connectivity index (χ1v) is 6.83. The third-order valence-electron chi connectivity index (χ3n) is 3.33. The average molecular weight is 300 g/mol. The number of carbonyl (C=O) groups is 1. The molecule has 2 nitrogen and oxygen atoms in total. The Kier molecular flexibility index (Phi) is 3.67. The first kappa shape index (κ1) is 13.7. The molecule has 0 radical (unpaired) electrons. The molecule has 1 aromatic heterocycles. The summed E-state index contributed by atoms with van der Waals surface area (Å²) >= 11 is 5.97. The summed E-state index contributed by atoms with van der Waals surface area (Å²) in [5.74, 6) is -0.504. The number of halogens is 2. The molecule has 104 valence electrons. The summed E-state index contributed by atoms with van der Waals surface area (Å²) in [7, 11) is 0. The van der Waals surface area contributed by atoms with Crippen molar-refractivity contribution in [1.29, 1.82) is 0 Å². The first-order valence-electron chi connectivity index (χ1n) is 6.45. The van der Waals surface area contributed by atoms with Crippen molar-refractivity contribution in [2.75, 3.05) is 0 Å². The van der Waals surface area contributed by atoms with Crippen molar-refractivity contribution >= 4 is 28.2 Å². The molecule has 3 rings (SSSR count). The van der Waals surface area contributed by atoms with E-state index in [0.717, 1.165) is 10.8 Å². The Labute approximate surface area is 126 Å². The Morgan fingerprint density at radius 1 is 1.14 bits per heavy atom. The smallest absolute Gasteiger partial charge is 0.169 e. The molecule has 2 aromatic carbocycles. The lowest BCUT2D eigenvalue weighted by Gasteiger charge is -2.06. The summed E-state index contributed by atoms with van der Waals surface area (Å²) in [6.45, 7) is 0. The molecule has 0 unspecified atom stereocenters. The summed E-state index contributed by atoms with van der Waals surface area (Å²) in [4.78, 5) is 16.6. The molecule has 1 heterocycles. The number of hydrogen-bond acceptors (Lipinski definition) is 2. The van der Waals surface area contributed by atoms with Crippen LogP contribution in [0.2, 0.25) is 5.02 Å². The number of rotatable bonds is 3. The number of aromatic nitrogens is 1. The van der Waals surface area contributed by atoms with Gasteiger partial charge in [-0.2, -0.15) is 0 Å². The SMILES string of the molecule is O=C(Cc1ccc(F)cc1Cl)c1cncc2ccccc12. The molecule has 0 atom stereocenters. The van der Waals surface area contributed by atoms with Crippen LogP contribution in [-0.4, -0.2) is 10.8 Å². The minimum Gasteiger partial charge on any atom is -0.294 e. The molecule has 0 spiro atoms. The van der Waals surface area contributed by atoms with Crippen LogP contribution in [0.5, 0.6) is 0 Å². The molecule has 3 aromatic rings. The molecule has 21 heavy (non-hydrogen) atoms. The van der Waals surface area contributed by atoms with Gasteiger partial charge < -0.3 is 0 Å². The maximum Gasteiger partial charge on any atom is 0.169 e. The fraction of sp³-hybridized carbons (Fsp3) is 0.0588. The number of nitrogens with zero attached hydrogens (tertiary/aromatic N) is 1. The summed E-state index contributed by atoms with van der Waals surface area (Å²) in [6, 6.07) is 11.6. The normalized spacial score (nSPS) is 10.8. The van der Waals surface area contributed by atoms with Gasteiger partial charge in [0.1, 0.15) is 5.82 Å². The Morgan fingerprint density at radius 3 is 2.76 bits per heavy atom. The summed E-state index contributed by atoms with van der Waals surface area (Å²) < 4.78 is 13.0. The monoisotopic (exact) mass is 299 g/mol. The van der Waals surface area contributed by atoms with Crippen molar-refractivity contribution in [3.8, 4) is 0 Å². The second-order valence-electron chi connectivity index (χ2n) is 4.74. The molecule has 4 heteroatoms. The van der Waals surface area contributed by atoms with Crippen LogP contribution in [0.15, 0.2) is 54.9 Å². The highest BCUT2D eigenvalue weighted by Gasteiger charge is 2.13. The van der Waals surface area contributed by atoms with Crippen molar-refractivity contribution in [3.63, 3.8) is 0 Å². The highest BCUT2D eigenvalue weighted by Crippen LogP contribution is 2.22. The molecule has 0 saturated carbocycles. The van der Waals surface area contributed by atoms with Gasteiger partial charge in [-0.05, 0) is 23.1 Å². The molecular formula is C17H11ClFNO. The van der Waals surface area contributed by atoms with Gasteiger partial charge in [-0.1, -0.05) is 41.9 Å². The lowest BCUT2D eigenvalue weighted by molar-refractivity contribution is 0.0994. The van der Waals surface area contributed by atoms with Gasteiger partial charge in [-0.15, -0.1) is 0 Å². The van der Waals surface area contributed by atoms with Gasteiger partial charge in [0.15, 0.2) is 5.78 Å². The number of benzene rings is 2. The summed E-state index contributed by atoms with van der Waals surface area (Å²) in [5, 5.41) is 2.03. The maximum absolute atomic E-state index is 13.0. The fourth-order valence-corrected chi connectivity index (χ4v) is 2.51. The Morgan fingerprint density at radius 2 is 1.95 bits per heavy atom. The molecule has 0 saturated heterocycles. The van der Waals surface area contributed by atoms with Gasteiger partial charge >= 0.3 is 0 Å². The molecule has 0 N–H and O–H groups in total. The zero-order valence-electron chi connectivity index (χ0n) is 11.0. The van der Waals surface area contributed by atoms with Crippen LogP contribution in [-0.2, 0) is 6.42 Å². The van der Waals surface area contributed by atoms with Crippen LogP contribution in [0.1, 0.15) is 15.9 Å². The van der Waals surface area contributed by atoms with Crippen LogP contribution in [0.3, 0.4) is 0 Å². The van der Waals surface area contributed by atoms with Crippen LogP contribution < -0.4 is 0 Å². The molecule has 0 aliphatic rings. The van der Waals surface area contributed by atoms with Gasteiger partial charge in [0.25, 0.3) is 0 Å². The number of Topliss-reactive ketones (excluding diaryl/α,β-unsaturated/α-hetero) is 1. The van der Waals surface area contributed by atoms with E-state index >= 15 is 0 Å². The third kappa shape index (κ3) is 2.78. The lowest BCUT2D eigenvalue weighted by atomic mass is 10.00. The minimum absolute atomic E-state index is 0.0900. The quantitative estimate of drug-likeness (QED) is 0.669. The topological polar surface area (TPSA) is 30.0 Å². The third-order valence-corrected chi connectivity index (χ3v) is 3.69. The average Bonchev–Trinajstić information content (AvgIpc) is 2.49. The van der Waals surface area contributed by atoms with E-state index in [0.29, 0.717) is 11.1 Å². The Hall–Kier alpha value is -2.26. The largest absolute Gasteiger partial charge is 0.294 e.